The van der Waals surface area contributed by atoms with E-state index in [9.17, 15) is 4.79 Å². The number of rotatable bonds is 3. The van der Waals surface area contributed by atoms with Crippen molar-refractivity contribution in [3.63, 3.8) is 0 Å². The first-order chi connectivity index (χ1) is 6.83. The van der Waals surface area contributed by atoms with Gasteiger partial charge in [-0.1, -0.05) is 6.42 Å². The summed E-state index contributed by atoms with van der Waals surface area (Å²) in [5.74, 6) is 0.347. The topological polar surface area (TPSA) is 42.1 Å². The molecule has 1 saturated carbocycles. The molecule has 1 aliphatic carbocycles. The summed E-state index contributed by atoms with van der Waals surface area (Å²) in [6.07, 6.45) is 5.49. The second-order valence-electron chi connectivity index (χ2n) is 3.66. The highest BCUT2D eigenvalue weighted by Crippen LogP contribution is 2.37. The number of hydrogen-bond acceptors (Lipinski definition) is 2. The fraction of sp³-hybridized carbons (Fsp3) is 0.545. The molecule has 1 N–H and O–H groups in total. The van der Waals surface area contributed by atoms with Crippen LogP contribution in [0.1, 0.15) is 48.2 Å². The van der Waals surface area contributed by atoms with Gasteiger partial charge in [0.05, 0.1) is 6.61 Å². The maximum Gasteiger partial charge on any atom is 0.355 e. The minimum Gasteiger partial charge on any atom is -0.461 e. The average molecular weight is 193 g/mol. The number of nitrogens with one attached hydrogen (secondary N) is 1. The van der Waals surface area contributed by atoms with E-state index in [2.05, 4.69) is 4.98 Å². The lowest BCUT2D eigenvalue weighted by Crippen LogP contribution is -2.14. The zero-order valence-corrected chi connectivity index (χ0v) is 8.38. The van der Waals surface area contributed by atoms with Crippen molar-refractivity contribution in [3.8, 4) is 0 Å². The summed E-state index contributed by atoms with van der Waals surface area (Å²) in [4.78, 5) is 14.5. The molecule has 1 aliphatic rings. The van der Waals surface area contributed by atoms with Crippen LogP contribution in [-0.4, -0.2) is 17.6 Å². The molecule has 14 heavy (non-hydrogen) atoms. The number of carbonyl (C=O) groups excluding carboxylic acids is 1. The predicted molar refractivity (Wildman–Crippen MR) is 53.3 cm³/mol. The third-order valence-electron chi connectivity index (χ3n) is 2.80. The van der Waals surface area contributed by atoms with Crippen molar-refractivity contribution >= 4 is 5.97 Å². The van der Waals surface area contributed by atoms with Crippen molar-refractivity contribution in [3.05, 3.63) is 23.5 Å². The SMILES string of the molecule is CCOC(=O)c1[nH]ccc1C1CCC1. The third-order valence-corrected chi connectivity index (χ3v) is 2.80. The van der Waals surface area contributed by atoms with Crippen LogP contribution in [0.4, 0.5) is 0 Å². The van der Waals surface area contributed by atoms with Crippen molar-refractivity contribution in [1.82, 2.24) is 4.98 Å². The van der Waals surface area contributed by atoms with Gasteiger partial charge in [-0.2, -0.15) is 0 Å². The van der Waals surface area contributed by atoms with Crippen molar-refractivity contribution < 1.29 is 9.53 Å². The lowest BCUT2D eigenvalue weighted by molar-refractivity contribution is 0.0517. The Labute approximate surface area is 83.5 Å². The van der Waals surface area contributed by atoms with E-state index in [1.807, 2.05) is 19.2 Å². The molecule has 76 valence electrons. The van der Waals surface area contributed by atoms with E-state index in [4.69, 9.17) is 4.74 Å². The van der Waals surface area contributed by atoms with Gasteiger partial charge in [-0.05, 0) is 37.3 Å². The fourth-order valence-corrected chi connectivity index (χ4v) is 1.82. The van der Waals surface area contributed by atoms with Crippen LogP contribution in [0.2, 0.25) is 0 Å². The average Bonchev–Trinajstić information content (AvgIpc) is 2.50. The number of carbonyl (C=O) groups is 1. The molecule has 0 aliphatic heterocycles. The first-order valence-electron chi connectivity index (χ1n) is 5.17. The molecular formula is C11H15NO2. The number of esters is 1. The molecule has 0 spiro atoms. The molecule has 2 rings (SSSR count). The third kappa shape index (κ3) is 1.54. The van der Waals surface area contributed by atoms with Gasteiger partial charge < -0.3 is 9.72 Å². The van der Waals surface area contributed by atoms with Gasteiger partial charge in [0.1, 0.15) is 5.69 Å². The number of ether oxygens (including phenoxy) is 1. The number of hydrogen-bond donors (Lipinski definition) is 1. The van der Waals surface area contributed by atoms with E-state index in [-0.39, 0.29) is 5.97 Å². The molecule has 0 amide bonds. The Hall–Kier alpha value is -1.25. The Morgan fingerprint density at radius 3 is 3.00 bits per heavy atom. The molecule has 0 unspecified atom stereocenters. The van der Waals surface area contributed by atoms with Gasteiger partial charge in [0.15, 0.2) is 0 Å². The van der Waals surface area contributed by atoms with Crippen LogP contribution in [0, 0.1) is 0 Å². The summed E-state index contributed by atoms with van der Waals surface area (Å²) in [7, 11) is 0. The Bertz CT molecular complexity index is 326. The summed E-state index contributed by atoms with van der Waals surface area (Å²) < 4.78 is 4.98. The summed E-state index contributed by atoms with van der Waals surface area (Å²) >= 11 is 0. The van der Waals surface area contributed by atoms with Gasteiger partial charge >= 0.3 is 5.97 Å². The monoisotopic (exact) mass is 193 g/mol. The van der Waals surface area contributed by atoms with E-state index < -0.39 is 0 Å². The molecule has 1 aromatic heterocycles. The molecule has 0 atom stereocenters. The van der Waals surface area contributed by atoms with Crippen LogP contribution in [-0.2, 0) is 4.74 Å². The van der Waals surface area contributed by atoms with E-state index in [0.29, 0.717) is 18.2 Å². The van der Waals surface area contributed by atoms with Gasteiger partial charge in [0.2, 0.25) is 0 Å². The zero-order chi connectivity index (χ0) is 9.97. The highest BCUT2D eigenvalue weighted by Gasteiger charge is 2.25. The molecule has 1 aromatic rings. The summed E-state index contributed by atoms with van der Waals surface area (Å²) in [6.45, 7) is 2.26. The molecule has 1 fully saturated rings. The molecule has 0 aromatic carbocycles. The van der Waals surface area contributed by atoms with E-state index in [1.165, 1.54) is 19.3 Å². The molecule has 3 heteroatoms. The zero-order valence-electron chi connectivity index (χ0n) is 8.38. The van der Waals surface area contributed by atoms with Gasteiger partial charge in [-0.15, -0.1) is 0 Å². The highest BCUT2D eigenvalue weighted by molar-refractivity contribution is 5.89. The van der Waals surface area contributed by atoms with Gasteiger partial charge in [-0.25, -0.2) is 4.79 Å². The fourth-order valence-electron chi connectivity index (χ4n) is 1.82. The van der Waals surface area contributed by atoms with E-state index >= 15 is 0 Å². The molecule has 3 nitrogen and oxygen atoms in total. The normalized spacial score (nSPS) is 16.4. The summed E-state index contributed by atoms with van der Waals surface area (Å²) in [5, 5.41) is 0. The van der Waals surface area contributed by atoms with E-state index in [0.717, 1.165) is 5.56 Å². The Balaban J connectivity index is 2.16. The maximum atomic E-state index is 11.5. The summed E-state index contributed by atoms with van der Waals surface area (Å²) in [6, 6.07) is 2.00. The second-order valence-corrected chi connectivity index (χ2v) is 3.66. The van der Waals surface area contributed by atoms with Gasteiger partial charge in [-0.3, -0.25) is 0 Å². The van der Waals surface area contributed by atoms with Crippen LogP contribution in [0.3, 0.4) is 0 Å². The predicted octanol–water partition coefficient (Wildman–Crippen LogP) is 2.46. The van der Waals surface area contributed by atoms with Crippen LogP contribution in [0.5, 0.6) is 0 Å². The smallest absolute Gasteiger partial charge is 0.355 e. The number of H-pyrrole nitrogens is 1. The maximum absolute atomic E-state index is 11.5. The van der Waals surface area contributed by atoms with Crippen molar-refractivity contribution in [1.29, 1.82) is 0 Å². The molecular weight excluding hydrogens is 178 g/mol. The Morgan fingerprint density at radius 1 is 1.64 bits per heavy atom. The lowest BCUT2D eigenvalue weighted by atomic mass is 9.80. The lowest BCUT2D eigenvalue weighted by Gasteiger charge is -2.25. The van der Waals surface area contributed by atoms with Crippen LogP contribution in [0.25, 0.3) is 0 Å². The summed E-state index contributed by atoms with van der Waals surface area (Å²) in [5.41, 5.74) is 1.78. The minimum atomic E-state index is -0.223. The first-order valence-corrected chi connectivity index (χ1v) is 5.17. The van der Waals surface area contributed by atoms with Crippen LogP contribution >= 0.6 is 0 Å². The largest absolute Gasteiger partial charge is 0.461 e. The molecule has 0 bridgehead atoms. The minimum absolute atomic E-state index is 0.223. The Kier molecular flexibility index (Phi) is 2.57. The molecule has 0 radical (unpaired) electrons. The van der Waals surface area contributed by atoms with Crippen LogP contribution in [0.15, 0.2) is 12.3 Å². The Morgan fingerprint density at radius 2 is 2.43 bits per heavy atom. The molecule has 1 heterocycles. The van der Waals surface area contributed by atoms with E-state index in [1.54, 1.807) is 0 Å². The van der Waals surface area contributed by atoms with Gasteiger partial charge in [0, 0.05) is 6.20 Å². The van der Waals surface area contributed by atoms with Crippen molar-refractivity contribution in [2.24, 2.45) is 0 Å². The number of aromatic nitrogens is 1. The quantitative estimate of drug-likeness (QED) is 0.749. The number of aromatic amines is 1. The first kappa shape index (κ1) is 9.31. The van der Waals surface area contributed by atoms with Crippen molar-refractivity contribution in [2.45, 2.75) is 32.1 Å². The van der Waals surface area contributed by atoms with Crippen LogP contribution < -0.4 is 0 Å². The molecule has 0 saturated heterocycles. The second kappa shape index (κ2) is 3.86. The van der Waals surface area contributed by atoms with Crippen molar-refractivity contribution in [2.75, 3.05) is 6.61 Å². The van der Waals surface area contributed by atoms with Gasteiger partial charge in [0.25, 0.3) is 0 Å². The standard InChI is InChI=1S/C11H15NO2/c1-2-14-11(13)10-9(6-7-12-10)8-4-3-5-8/h6-8,12H,2-5H2,1H3. The highest BCUT2D eigenvalue weighted by atomic mass is 16.5.